The van der Waals surface area contributed by atoms with E-state index in [2.05, 4.69) is 37.6 Å². The maximum absolute atomic E-state index is 11.9. The molecule has 0 bridgehead atoms. The van der Waals surface area contributed by atoms with Gasteiger partial charge >= 0.3 is 5.97 Å². The molecule has 0 saturated heterocycles. The van der Waals surface area contributed by atoms with Gasteiger partial charge in [0.1, 0.15) is 4.88 Å². The van der Waals surface area contributed by atoms with Crippen molar-refractivity contribution in [2.75, 3.05) is 12.4 Å². The van der Waals surface area contributed by atoms with Crippen LogP contribution in [-0.4, -0.2) is 24.0 Å². The third kappa shape index (κ3) is 3.51. The van der Waals surface area contributed by atoms with Crippen molar-refractivity contribution in [2.45, 2.75) is 0 Å². The van der Waals surface area contributed by atoms with Crippen LogP contribution in [0.25, 0.3) is 0 Å². The molecule has 0 spiro atoms. The highest BCUT2D eigenvalue weighted by Gasteiger charge is 2.13. The zero-order valence-corrected chi connectivity index (χ0v) is 12.8. The summed E-state index contributed by atoms with van der Waals surface area (Å²) in [4.78, 5) is 27.5. The van der Waals surface area contributed by atoms with Gasteiger partial charge in [0.2, 0.25) is 0 Å². The number of benzene rings is 1. The van der Waals surface area contributed by atoms with Gasteiger partial charge in [-0.25, -0.2) is 9.78 Å². The molecule has 1 N–H and O–H groups in total. The Bertz CT molecular complexity index is 610. The lowest BCUT2D eigenvalue weighted by molar-refractivity contribution is 0.0606. The van der Waals surface area contributed by atoms with E-state index in [4.69, 9.17) is 0 Å². The molecule has 7 heteroatoms. The lowest BCUT2D eigenvalue weighted by atomic mass is 10.2. The highest BCUT2D eigenvalue weighted by atomic mass is 127. The molecule has 1 aromatic heterocycles. The average molecular weight is 388 g/mol. The molecule has 1 amide bonds. The first-order valence-corrected chi connectivity index (χ1v) is 7.10. The topological polar surface area (TPSA) is 68.3 Å². The first-order chi connectivity index (χ1) is 9.10. The zero-order valence-electron chi connectivity index (χ0n) is 9.84. The Morgan fingerprint density at radius 1 is 1.32 bits per heavy atom. The predicted octanol–water partition coefficient (Wildman–Crippen LogP) is 2.79. The molecule has 1 aromatic carbocycles. The minimum atomic E-state index is -0.465. The normalized spacial score (nSPS) is 10.0. The molecule has 0 radical (unpaired) electrons. The summed E-state index contributed by atoms with van der Waals surface area (Å²) in [5.41, 5.74) is 0.537. The summed E-state index contributed by atoms with van der Waals surface area (Å²) in [5.74, 6) is -0.727. The van der Waals surface area contributed by atoms with Crippen molar-refractivity contribution in [3.8, 4) is 0 Å². The Labute approximate surface area is 127 Å². The quantitative estimate of drug-likeness (QED) is 0.649. The maximum atomic E-state index is 11.9. The first-order valence-electron chi connectivity index (χ1n) is 5.21. The summed E-state index contributed by atoms with van der Waals surface area (Å²) in [6.07, 6.45) is 1.38. The van der Waals surface area contributed by atoms with Gasteiger partial charge in [0.15, 0.2) is 5.13 Å². The van der Waals surface area contributed by atoms with E-state index in [9.17, 15) is 9.59 Å². The van der Waals surface area contributed by atoms with Gasteiger partial charge in [-0.3, -0.25) is 10.1 Å². The van der Waals surface area contributed by atoms with Gasteiger partial charge in [-0.15, -0.1) is 0 Å². The van der Waals surface area contributed by atoms with Crippen LogP contribution in [0.4, 0.5) is 5.13 Å². The average Bonchev–Trinajstić information content (AvgIpc) is 2.87. The number of nitrogens with one attached hydrogen (secondary N) is 1. The molecule has 0 aliphatic carbocycles. The van der Waals surface area contributed by atoms with E-state index in [-0.39, 0.29) is 5.91 Å². The first kappa shape index (κ1) is 13.9. The summed E-state index contributed by atoms with van der Waals surface area (Å²) in [6, 6.07) is 7.15. The highest BCUT2D eigenvalue weighted by Crippen LogP contribution is 2.19. The van der Waals surface area contributed by atoms with Crippen LogP contribution in [-0.2, 0) is 4.74 Å². The molecule has 0 saturated carbocycles. The van der Waals surface area contributed by atoms with Gasteiger partial charge in [-0.2, -0.15) is 0 Å². The van der Waals surface area contributed by atoms with Crippen molar-refractivity contribution in [2.24, 2.45) is 0 Å². The molecular weight excluding hydrogens is 379 g/mol. The molecule has 5 nitrogen and oxygen atoms in total. The van der Waals surface area contributed by atoms with Crippen LogP contribution in [0.2, 0.25) is 0 Å². The minimum absolute atomic E-state index is 0.262. The smallest absolute Gasteiger partial charge is 0.349 e. The standard InChI is InChI=1S/C12H9IN2O3S/c1-18-11(17)9-6-14-12(19-9)15-10(16)7-2-4-8(13)5-3-7/h2-6H,1H3,(H,14,15,16). The van der Waals surface area contributed by atoms with E-state index >= 15 is 0 Å². The van der Waals surface area contributed by atoms with Crippen LogP contribution < -0.4 is 5.32 Å². The van der Waals surface area contributed by atoms with Crippen LogP contribution in [0.1, 0.15) is 20.0 Å². The zero-order chi connectivity index (χ0) is 13.8. The van der Waals surface area contributed by atoms with E-state index in [1.165, 1.54) is 13.3 Å². The number of hydrogen-bond acceptors (Lipinski definition) is 5. The number of hydrogen-bond donors (Lipinski definition) is 1. The summed E-state index contributed by atoms with van der Waals surface area (Å²) in [5, 5.41) is 3.00. The Balaban J connectivity index is 2.08. The van der Waals surface area contributed by atoms with Crippen molar-refractivity contribution < 1.29 is 14.3 Å². The molecule has 2 rings (SSSR count). The lowest BCUT2D eigenvalue weighted by Gasteiger charge is -2.01. The second kappa shape index (κ2) is 6.11. The van der Waals surface area contributed by atoms with Gasteiger partial charge in [-0.1, -0.05) is 11.3 Å². The van der Waals surface area contributed by atoms with Gasteiger partial charge in [0.25, 0.3) is 5.91 Å². The number of thiazole rings is 1. The number of anilines is 1. The Morgan fingerprint density at radius 2 is 2.00 bits per heavy atom. The van der Waals surface area contributed by atoms with Crippen molar-refractivity contribution in [3.05, 3.63) is 44.5 Å². The van der Waals surface area contributed by atoms with E-state index < -0.39 is 5.97 Å². The second-order valence-electron chi connectivity index (χ2n) is 3.48. The van der Waals surface area contributed by atoms with Crippen molar-refractivity contribution >= 4 is 50.9 Å². The van der Waals surface area contributed by atoms with Crippen molar-refractivity contribution in [1.82, 2.24) is 4.98 Å². The summed E-state index contributed by atoms with van der Waals surface area (Å²) in [7, 11) is 1.30. The predicted molar refractivity (Wildman–Crippen MR) is 80.6 cm³/mol. The molecule has 98 valence electrons. The van der Waals surface area contributed by atoms with E-state index in [0.717, 1.165) is 14.9 Å². The van der Waals surface area contributed by atoms with Crippen LogP contribution in [0.5, 0.6) is 0 Å². The van der Waals surface area contributed by atoms with E-state index in [1.807, 2.05) is 12.1 Å². The van der Waals surface area contributed by atoms with Crippen molar-refractivity contribution in [1.29, 1.82) is 0 Å². The Kier molecular flexibility index (Phi) is 4.48. The third-order valence-electron chi connectivity index (χ3n) is 2.22. The van der Waals surface area contributed by atoms with Crippen LogP contribution in [0.15, 0.2) is 30.5 Å². The van der Waals surface area contributed by atoms with Gasteiger partial charge in [0.05, 0.1) is 13.3 Å². The molecule has 0 aliphatic rings. The van der Waals surface area contributed by atoms with Gasteiger partial charge < -0.3 is 4.74 Å². The molecule has 0 aliphatic heterocycles. The number of ether oxygens (including phenoxy) is 1. The number of aromatic nitrogens is 1. The number of halogens is 1. The van der Waals surface area contributed by atoms with Gasteiger partial charge in [-0.05, 0) is 46.9 Å². The lowest BCUT2D eigenvalue weighted by Crippen LogP contribution is -2.11. The maximum Gasteiger partial charge on any atom is 0.349 e. The monoisotopic (exact) mass is 388 g/mol. The number of methoxy groups -OCH3 is 1. The SMILES string of the molecule is COC(=O)c1cnc(NC(=O)c2ccc(I)cc2)s1. The Hall–Kier alpha value is -1.48. The third-order valence-corrected chi connectivity index (χ3v) is 3.83. The molecule has 1 heterocycles. The fraction of sp³-hybridized carbons (Fsp3) is 0.0833. The molecule has 0 unspecified atom stereocenters. The molecule has 0 fully saturated rings. The number of carbonyl (C=O) groups is 2. The number of nitrogens with zero attached hydrogens (tertiary/aromatic N) is 1. The minimum Gasteiger partial charge on any atom is -0.465 e. The number of amides is 1. The Morgan fingerprint density at radius 3 is 2.63 bits per heavy atom. The van der Waals surface area contributed by atoms with Crippen LogP contribution in [0.3, 0.4) is 0 Å². The van der Waals surface area contributed by atoms with Crippen molar-refractivity contribution in [3.63, 3.8) is 0 Å². The highest BCUT2D eigenvalue weighted by molar-refractivity contribution is 14.1. The second-order valence-corrected chi connectivity index (χ2v) is 5.76. The number of rotatable bonds is 3. The van der Waals surface area contributed by atoms with E-state index in [1.54, 1.807) is 12.1 Å². The summed E-state index contributed by atoms with van der Waals surface area (Å²) in [6.45, 7) is 0. The fourth-order valence-electron chi connectivity index (χ4n) is 1.30. The fourth-order valence-corrected chi connectivity index (χ4v) is 2.39. The largest absolute Gasteiger partial charge is 0.465 e. The van der Waals surface area contributed by atoms with Crippen LogP contribution in [0, 0.1) is 3.57 Å². The molecule has 19 heavy (non-hydrogen) atoms. The van der Waals surface area contributed by atoms with E-state index in [0.29, 0.717) is 15.6 Å². The van der Waals surface area contributed by atoms with Crippen LogP contribution >= 0.6 is 33.9 Å². The summed E-state index contributed by atoms with van der Waals surface area (Å²) >= 11 is 3.24. The molecule has 2 aromatic rings. The summed E-state index contributed by atoms with van der Waals surface area (Å²) < 4.78 is 5.62. The molecular formula is C12H9IN2O3S. The number of carbonyl (C=O) groups excluding carboxylic acids is 2. The molecule has 0 atom stereocenters. The van der Waals surface area contributed by atoms with Gasteiger partial charge in [0, 0.05) is 9.13 Å². The number of esters is 1.